The molecule has 1 heterocycles. The molecule has 1 aromatic rings. The van der Waals surface area contributed by atoms with Crippen LogP contribution < -0.4 is 0 Å². The van der Waals surface area contributed by atoms with Crippen molar-refractivity contribution in [3.63, 3.8) is 0 Å². The van der Waals surface area contributed by atoms with E-state index in [1.807, 2.05) is 30.4 Å². The molecule has 0 aliphatic heterocycles. The summed E-state index contributed by atoms with van der Waals surface area (Å²) in [4.78, 5) is 4.32. The van der Waals surface area contributed by atoms with Crippen LogP contribution in [0.5, 0.6) is 0 Å². The van der Waals surface area contributed by atoms with E-state index in [1.165, 1.54) is 0 Å². The third-order valence-corrected chi connectivity index (χ3v) is 2.72. The van der Waals surface area contributed by atoms with E-state index in [2.05, 4.69) is 18.1 Å². The van der Waals surface area contributed by atoms with Gasteiger partial charge in [0.25, 0.3) is 0 Å². The highest BCUT2D eigenvalue weighted by Gasteiger charge is 1.97. The predicted octanol–water partition coefficient (Wildman–Crippen LogP) is 3.76. The first kappa shape index (κ1) is 16.7. The maximum Gasteiger partial charge on any atom is 0.120 e. The number of allylic oxidation sites excluding steroid dienone is 5. The molecule has 1 unspecified atom stereocenters. The van der Waals surface area contributed by atoms with E-state index in [1.54, 1.807) is 38.5 Å². The molecule has 1 atom stereocenters. The smallest absolute Gasteiger partial charge is 0.120 e. The molecular weight excluding hydrogens is 262 g/mol. The number of methoxy groups -OCH3 is 1. The minimum atomic E-state index is -0.459. The van der Waals surface area contributed by atoms with Crippen LogP contribution in [0.2, 0.25) is 0 Å². The predicted molar refractivity (Wildman–Crippen MR) is 88.4 cm³/mol. The van der Waals surface area contributed by atoms with E-state index in [0.29, 0.717) is 5.76 Å². The van der Waals surface area contributed by atoms with Crippen LogP contribution in [-0.4, -0.2) is 23.3 Å². The highest BCUT2D eigenvalue weighted by Crippen LogP contribution is 2.12. The largest absolute Gasteiger partial charge is 0.497 e. The van der Waals surface area contributed by atoms with Crippen LogP contribution >= 0.6 is 0 Å². The maximum atomic E-state index is 9.15. The number of hydrogen-bond donors (Lipinski definition) is 1. The fraction of sp³-hybridized carbons (Fsp3) is 0.167. The van der Waals surface area contributed by atoms with E-state index < -0.39 is 6.10 Å². The average molecular weight is 283 g/mol. The van der Waals surface area contributed by atoms with Gasteiger partial charge in [-0.15, -0.1) is 0 Å². The molecule has 1 aromatic heterocycles. The van der Waals surface area contributed by atoms with E-state index >= 15 is 0 Å². The minimum absolute atomic E-state index is 0.459. The summed E-state index contributed by atoms with van der Waals surface area (Å²) in [6.07, 6.45) is 12.2. The van der Waals surface area contributed by atoms with Gasteiger partial charge < -0.3 is 9.84 Å². The van der Waals surface area contributed by atoms with Crippen LogP contribution in [0.3, 0.4) is 0 Å². The van der Waals surface area contributed by atoms with Gasteiger partial charge in [-0.3, -0.25) is 4.98 Å². The van der Waals surface area contributed by atoms with Crippen molar-refractivity contribution in [2.75, 3.05) is 7.11 Å². The van der Waals surface area contributed by atoms with E-state index in [0.717, 1.165) is 16.8 Å². The molecule has 3 nitrogen and oxygen atoms in total. The molecule has 0 bridgehead atoms. The van der Waals surface area contributed by atoms with Crippen molar-refractivity contribution in [2.45, 2.75) is 13.0 Å². The molecule has 1 N–H and O–H groups in total. The first-order chi connectivity index (χ1) is 10.1. The Morgan fingerprint density at radius 2 is 2.19 bits per heavy atom. The second kappa shape index (κ2) is 8.72. The van der Waals surface area contributed by atoms with Crippen molar-refractivity contribution >= 4 is 11.8 Å². The summed E-state index contributed by atoms with van der Waals surface area (Å²) >= 11 is 0. The monoisotopic (exact) mass is 283 g/mol. The Hall–Kier alpha value is -2.39. The summed E-state index contributed by atoms with van der Waals surface area (Å²) in [5.41, 5.74) is 2.61. The van der Waals surface area contributed by atoms with Crippen molar-refractivity contribution in [3.8, 4) is 0 Å². The quantitative estimate of drug-likeness (QED) is 0.612. The van der Waals surface area contributed by atoms with Crippen LogP contribution in [0.1, 0.15) is 18.2 Å². The van der Waals surface area contributed by atoms with Gasteiger partial charge in [-0.1, -0.05) is 43.5 Å². The number of rotatable bonds is 7. The molecule has 3 heteroatoms. The summed E-state index contributed by atoms with van der Waals surface area (Å²) < 4.78 is 5.05. The summed E-state index contributed by atoms with van der Waals surface area (Å²) in [6.45, 7) is 9.23. The lowest BCUT2D eigenvalue weighted by atomic mass is 10.2. The van der Waals surface area contributed by atoms with Gasteiger partial charge in [0, 0.05) is 11.8 Å². The maximum absolute atomic E-state index is 9.15. The van der Waals surface area contributed by atoms with Crippen molar-refractivity contribution in [2.24, 2.45) is 0 Å². The average Bonchev–Trinajstić information content (AvgIpc) is 2.50. The Labute approximate surface area is 126 Å². The Kier molecular flexibility index (Phi) is 6.92. The number of ether oxygens (including phenoxy) is 1. The van der Waals surface area contributed by atoms with Crippen molar-refractivity contribution < 1.29 is 9.84 Å². The van der Waals surface area contributed by atoms with Gasteiger partial charge in [-0.2, -0.15) is 0 Å². The molecule has 0 aliphatic carbocycles. The van der Waals surface area contributed by atoms with E-state index in [4.69, 9.17) is 9.84 Å². The molecule has 110 valence electrons. The fourth-order valence-electron chi connectivity index (χ4n) is 1.49. The van der Waals surface area contributed by atoms with Gasteiger partial charge in [0.1, 0.15) is 5.76 Å². The molecule has 0 aliphatic rings. The number of aliphatic hydroxyl groups excluding tert-OH is 1. The van der Waals surface area contributed by atoms with Gasteiger partial charge in [0.05, 0.1) is 18.9 Å². The van der Waals surface area contributed by atoms with Crippen LogP contribution in [0.25, 0.3) is 11.8 Å². The Bertz CT molecular complexity index is 563. The van der Waals surface area contributed by atoms with Gasteiger partial charge in [0.2, 0.25) is 0 Å². The SMILES string of the molecule is C=CC(/C=C/c1ccc(C(=C)OC)cn1)=C\C=C/C(C)O. The Morgan fingerprint density at radius 3 is 2.71 bits per heavy atom. The first-order valence-corrected chi connectivity index (χ1v) is 6.63. The molecular formula is C18H21NO2. The van der Waals surface area contributed by atoms with E-state index in [-0.39, 0.29) is 0 Å². The van der Waals surface area contributed by atoms with Crippen LogP contribution in [0.15, 0.2) is 67.4 Å². The first-order valence-electron chi connectivity index (χ1n) is 6.63. The third-order valence-electron chi connectivity index (χ3n) is 2.72. The molecule has 0 amide bonds. The molecule has 0 saturated carbocycles. The van der Waals surface area contributed by atoms with Crippen molar-refractivity contribution in [1.82, 2.24) is 4.98 Å². The van der Waals surface area contributed by atoms with Gasteiger partial charge in [-0.05, 0) is 30.7 Å². The van der Waals surface area contributed by atoms with Crippen molar-refractivity contribution in [1.29, 1.82) is 0 Å². The number of pyridine rings is 1. The number of aliphatic hydroxyl groups is 1. The molecule has 0 fully saturated rings. The molecule has 0 radical (unpaired) electrons. The standard InChI is InChI=1S/C18H21NO2/c1-5-16(8-6-7-14(2)20)9-11-18-12-10-17(13-19-18)15(3)21-4/h5-14,20H,1,3H2,2,4H3/b7-6-,11-9+,16-8+. The fourth-order valence-corrected chi connectivity index (χ4v) is 1.49. The van der Waals surface area contributed by atoms with Gasteiger partial charge >= 0.3 is 0 Å². The molecule has 0 aromatic carbocycles. The summed E-state index contributed by atoms with van der Waals surface area (Å²) in [5, 5.41) is 9.15. The molecule has 0 spiro atoms. The van der Waals surface area contributed by atoms with Gasteiger partial charge in [-0.25, -0.2) is 0 Å². The highest BCUT2D eigenvalue weighted by atomic mass is 16.5. The lowest BCUT2D eigenvalue weighted by Crippen LogP contribution is -1.90. The minimum Gasteiger partial charge on any atom is -0.497 e. The Balaban J connectivity index is 2.78. The normalized spacial score (nSPS) is 13.6. The second-order valence-corrected chi connectivity index (χ2v) is 4.43. The van der Waals surface area contributed by atoms with Gasteiger partial charge in [0.15, 0.2) is 0 Å². The lowest BCUT2D eigenvalue weighted by molar-refractivity contribution is 0.244. The zero-order valence-corrected chi connectivity index (χ0v) is 12.5. The summed E-state index contributed by atoms with van der Waals surface area (Å²) in [7, 11) is 1.58. The number of nitrogens with zero attached hydrogens (tertiary/aromatic N) is 1. The molecule has 0 saturated heterocycles. The summed E-state index contributed by atoms with van der Waals surface area (Å²) in [5.74, 6) is 0.591. The topological polar surface area (TPSA) is 42.4 Å². The number of aromatic nitrogens is 1. The third kappa shape index (κ3) is 6.06. The second-order valence-electron chi connectivity index (χ2n) is 4.43. The number of hydrogen-bond acceptors (Lipinski definition) is 3. The zero-order chi connectivity index (χ0) is 15.7. The van der Waals surface area contributed by atoms with Crippen molar-refractivity contribution in [3.05, 3.63) is 78.7 Å². The molecule has 21 heavy (non-hydrogen) atoms. The Morgan fingerprint density at radius 1 is 1.43 bits per heavy atom. The summed E-state index contributed by atoms with van der Waals surface area (Å²) in [6, 6.07) is 3.80. The lowest BCUT2D eigenvalue weighted by Gasteiger charge is -2.03. The highest BCUT2D eigenvalue weighted by molar-refractivity contribution is 5.59. The molecule has 1 rings (SSSR count). The van der Waals surface area contributed by atoms with E-state index in [9.17, 15) is 0 Å². The zero-order valence-electron chi connectivity index (χ0n) is 12.5. The van der Waals surface area contributed by atoms with Crippen LogP contribution in [0, 0.1) is 0 Å². The van der Waals surface area contributed by atoms with Crippen LogP contribution in [-0.2, 0) is 4.74 Å². The van der Waals surface area contributed by atoms with Crippen LogP contribution in [0.4, 0.5) is 0 Å².